The zero-order chi connectivity index (χ0) is 14.9. The second-order valence-corrected chi connectivity index (χ2v) is 12.0. The Morgan fingerprint density at radius 3 is 1.85 bits per heavy atom. The second-order valence-electron chi connectivity index (χ2n) is 7.52. The van der Waals surface area contributed by atoms with E-state index in [0.29, 0.717) is 0 Å². The molecule has 2 rings (SSSR count). The summed E-state index contributed by atoms with van der Waals surface area (Å²) in [7, 11) is -1.41. The van der Waals surface area contributed by atoms with Crippen molar-refractivity contribution in [2.24, 2.45) is 23.7 Å². The van der Waals surface area contributed by atoms with Gasteiger partial charge in [-0.15, -0.1) is 0 Å². The highest BCUT2D eigenvalue weighted by molar-refractivity contribution is 6.76. The number of hydrogen-bond acceptors (Lipinski definition) is 1. The molecule has 2 heteroatoms. The molecule has 0 bridgehead atoms. The van der Waals surface area contributed by atoms with E-state index in [2.05, 4.69) is 76.1 Å². The summed E-state index contributed by atoms with van der Waals surface area (Å²) in [5.41, 5.74) is 2.30. The fourth-order valence-corrected chi connectivity index (χ4v) is 8.58. The fourth-order valence-electron chi connectivity index (χ4n) is 4.45. The summed E-state index contributed by atoms with van der Waals surface area (Å²) in [4.78, 5) is 3.96. The molecular weight excluding hydrogens is 258 g/mol. The van der Waals surface area contributed by atoms with Crippen molar-refractivity contribution in [2.75, 3.05) is 0 Å². The molecule has 0 amide bonds. The van der Waals surface area contributed by atoms with Crippen LogP contribution in [0.1, 0.15) is 33.3 Å². The maximum Gasteiger partial charge on any atom is 0.123 e. The molecule has 0 radical (unpaired) electrons. The average Bonchev–Trinajstić information content (AvgIpc) is 2.62. The number of benzene rings is 1. The average molecular weight is 290 g/mol. The summed E-state index contributed by atoms with van der Waals surface area (Å²) >= 11 is 0. The Morgan fingerprint density at radius 1 is 0.850 bits per heavy atom. The van der Waals surface area contributed by atoms with E-state index >= 15 is 0 Å². The zero-order valence-corrected chi connectivity index (χ0v) is 15.0. The lowest BCUT2D eigenvalue weighted by Crippen LogP contribution is -2.51. The molecule has 4 unspecified atom stereocenters. The van der Waals surface area contributed by atoms with Crippen LogP contribution in [-0.4, -0.2) is 8.24 Å². The Hall–Kier alpha value is -0.603. The summed E-state index contributed by atoms with van der Waals surface area (Å²) < 4.78 is 0. The van der Waals surface area contributed by atoms with Gasteiger partial charge >= 0.3 is 0 Å². The summed E-state index contributed by atoms with van der Waals surface area (Å²) in [6.45, 7) is 15.9. The van der Waals surface area contributed by atoms with Gasteiger partial charge in [0.25, 0.3) is 0 Å². The smallest absolute Gasteiger partial charge is 0.123 e. The van der Waals surface area contributed by atoms with Gasteiger partial charge in [-0.3, -0.25) is 0 Å². The Labute approximate surface area is 126 Å². The molecule has 112 valence electrons. The molecule has 1 aromatic carbocycles. The first-order valence-corrected chi connectivity index (χ1v) is 11.2. The lowest BCUT2D eigenvalue weighted by molar-refractivity contribution is 0.352. The van der Waals surface area contributed by atoms with Crippen molar-refractivity contribution in [2.45, 2.75) is 52.9 Å². The SMILES string of the molecule is CC1C(C)C(C)C([Si](C)(C)NCc2ccccc2)C1C. The van der Waals surface area contributed by atoms with Gasteiger partial charge in [-0.05, 0) is 34.8 Å². The van der Waals surface area contributed by atoms with Crippen LogP contribution in [0.25, 0.3) is 0 Å². The minimum atomic E-state index is -1.41. The van der Waals surface area contributed by atoms with E-state index in [4.69, 9.17) is 0 Å². The van der Waals surface area contributed by atoms with Crippen LogP contribution in [0.2, 0.25) is 18.6 Å². The van der Waals surface area contributed by atoms with Gasteiger partial charge < -0.3 is 4.98 Å². The highest BCUT2D eigenvalue weighted by Crippen LogP contribution is 2.52. The Kier molecular flexibility index (Phi) is 4.75. The molecule has 1 N–H and O–H groups in total. The number of hydrogen-bond donors (Lipinski definition) is 1. The van der Waals surface area contributed by atoms with E-state index < -0.39 is 8.24 Å². The van der Waals surface area contributed by atoms with Crippen LogP contribution >= 0.6 is 0 Å². The van der Waals surface area contributed by atoms with Gasteiger partial charge in [-0.25, -0.2) is 0 Å². The van der Waals surface area contributed by atoms with E-state index in [1.165, 1.54) is 5.56 Å². The molecule has 0 spiro atoms. The monoisotopic (exact) mass is 289 g/mol. The van der Waals surface area contributed by atoms with Crippen molar-refractivity contribution >= 4 is 8.24 Å². The molecule has 1 aromatic rings. The van der Waals surface area contributed by atoms with Crippen LogP contribution in [0.4, 0.5) is 0 Å². The van der Waals surface area contributed by atoms with Crippen LogP contribution in [0.15, 0.2) is 30.3 Å². The molecule has 0 heterocycles. The van der Waals surface area contributed by atoms with Crippen molar-refractivity contribution in [3.8, 4) is 0 Å². The lowest BCUT2D eigenvalue weighted by Gasteiger charge is -2.37. The normalized spacial score (nSPS) is 34.4. The van der Waals surface area contributed by atoms with Gasteiger partial charge in [0, 0.05) is 6.54 Å². The van der Waals surface area contributed by atoms with Crippen LogP contribution in [0.3, 0.4) is 0 Å². The first kappa shape index (κ1) is 15.8. The van der Waals surface area contributed by atoms with E-state index in [1.807, 2.05) is 0 Å². The molecule has 0 aromatic heterocycles. The molecule has 1 aliphatic rings. The van der Waals surface area contributed by atoms with Gasteiger partial charge in [-0.2, -0.15) is 0 Å². The first-order chi connectivity index (χ1) is 9.34. The van der Waals surface area contributed by atoms with Crippen molar-refractivity contribution in [1.82, 2.24) is 4.98 Å². The molecule has 1 nitrogen and oxygen atoms in total. The summed E-state index contributed by atoms with van der Waals surface area (Å²) in [5, 5.41) is 0. The first-order valence-electron chi connectivity index (χ1n) is 8.13. The van der Waals surface area contributed by atoms with E-state index in [1.54, 1.807) is 0 Å². The zero-order valence-electron chi connectivity index (χ0n) is 14.0. The maximum absolute atomic E-state index is 3.96. The van der Waals surface area contributed by atoms with E-state index in [-0.39, 0.29) is 0 Å². The number of nitrogens with one attached hydrogen (secondary N) is 1. The molecule has 0 saturated heterocycles. The topological polar surface area (TPSA) is 12.0 Å². The van der Waals surface area contributed by atoms with Gasteiger partial charge in [-0.1, -0.05) is 71.1 Å². The molecule has 0 aliphatic heterocycles. The molecule has 1 aliphatic carbocycles. The highest BCUT2D eigenvalue weighted by atomic mass is 28.3. The molecule has 20 heavy (non-hydrogen) atoms. The van der Waals surface area contributed by atoms with Crippen LogP contribution in [0, 0.1) is 23.7 Å². The predicted octanol–water partition coefficient (Wildman–Crippen LogP) is 4.91. The quantitative estimate of drug-likeness (QED) is 0.777. The van der Waals surface area contributed by atoms with Crippen molar-refractivity contribution in [3.63, 3.8) is 0 Å². The fraction of sp³-hybridized carbons (Fsp3) is 0.667. The largest absolute Gasteiger partial charge is 0.333 e. The third-order valence-electron chi connectivity index (χ3n) is 6.05. The van der Waals surface area contributed by atoms with Gasteiger partial charge in [0.1, 0.15) is 8.24 Å². The molecule has 1 saturated carbocycles. The van der Waals surface area contributed by atoms with Crippen molar-refractivity contribution < 1.29 is 0 Å². The molecular formula is C18H31NSi. The van der Waals surface area contributed by atoms with Crippen molar-refractivity contribution in [1.29, 1.82) is 0 Å². The Bertz CT molecular complexity index is 414. The second kappa shape index (κ2) is 6.03. The van der Waals surface area contributed by atoms with E-state index in [9.17, 15) is 0 Å². The minimum absolute atomic E-state index is 0.852. The number of rotatable bonds is 4. The van der Waals surface area contributed by atoms with Crippen molar-refractivity contribution in [3.05, 3.63) is 35.9 Å². The van der Waals surface area contributed by atoms with Gasteiger partial charge in [0.15, 0.2) is 0 Å². The summed E-state index contributed by atoms with van der Waals surface area (Å²) in [6, 6.07) is 10.8. The molecule has 4 atom stereocenters. The highest BCUT2D eigenvalue weighted by Gasteiger charge is 2.49. The summed E-state index contributed by atoms with van der Waals surface area (Å²) in [6.07, 6.45) is 0. The lowest BCUT2D eigenvalue weighted by atomic mass is 9.92. The van der Waals surface area contributed by atoms with Crippen LogP contribution in [-0.2, 0) is 6.54 Å². The Morgan fingerprint density at radius 2 is 1.35 bits per heavy atom. The van der Waals surface area contributed by atoms with Gasteiger partial charge in [0.2, 0.25) is 0 Å². The Balaban J connectivity index is 2.06. The minimum Gasteiger partial charge on any atom is -0.333 e. The summed E-state index contributed by atoms with van der Waals surface area (Å²) in [5.74, 6) is 3.43. The standard InChI is InChI=1S/C18H31NSi/c1-13-14(2)16(4)18(15(13)3)20(5,6)19-12-17-10-8-7-9-11-17/h7-11,13-16,18-19H,12H2,1-6H3. The van der Waals surface area contributed by atoms with Crippen LogP contribution < -0.4 is 4.98 Å². The van der Waals surface area contributed by atoms with E-state index in [0.717, 1.165) is 35.8 Å². The predicted molar refractivity (Wildman–Crippen MR) is 91.2 cm³/mol. The molecule has 1 fully saturated rings. The van der Waals surface area contributed by atoms with Gasteiger partial charge in [0.05, 0.1) is 0 Å². The third-order valence-corrected chi connectivity index (χ3v) is 9.85. The maximum atomic E-state index is 3.96. The van der Waals surface area contributed by atoms with Crippen LogP contribution in [0.5, 0.6) is 0 Å². The third kappa shape index (κ3) is 3.01.